The van der Waals surface area contributed by atoms with Crippen LogP contribution < -0.4 is 9.47 Å². The number of aryl methyl sites for hydroxylation is 1. The lowest BCUT2D eigenvalue weighted by atomic mass is 10.1. The number of hydrogen-bond donors (Lipinski definition) is 0. The van der Waals surface area contributed by atoms with E-state index >= 15 is 0 Å². The molecule has 1 aliphatic carbocycles. The second-order valence-electron chi connectivity index (χ2n) is 10.7. The van der Waals surface area contributed by atoms with E-state index in [-0.39, 0.29) is 5.91 Å². The Morgan fingerprint density at radius 3 is 2.45 bits per heavy atom. The molecular weight excluding hydrogens is 500 g/mol. The van der Waals surface area contributed by atoms with E-state index in [0.717, 1.165) is 73.9 Å². The molecule has 0 radical (unpaired) electrons. The van der Waals surface area contributed by atoms with E-state index < -0.39 is 0 Å². The van der Waals surface area contributed by atoms with E-state index in [0.29, 0.717) is 12.5 Å². The van der Waals surface area contributed by atoms with Gasteiger partial charge in [0.05, 0.1) is 14.2 Å². The molecule has 1 heterocycles. The first-order valence-corrected chi connectivity index (χ1v) is 14.4. The summed E-state index contributed by atoms with van der Waals surface area (Å²) in [5, 5.41) is 0. The van der Waals surface area contributed by atoms with E-state index in [4.69, 9.17) is 9.47 Å². The number of hydrogen-bond acceptors (Lipinski definition) is 5. The Morgan fingerprint density at radius 1 is 1.02 bits per heavy atom. The highest BCUT2D eigenvalue weighted by Gasteiger charge is 2.25. The molecule has 3 aromatic rings. The van der Waals surface area contributed by atoms with Crippen molar-refractivity contribution < 1.29 is 14.3 Å². The maximum Gasteiger partial charge on any atom is 0.226 e. The molecule has 1 amide bonds. The Labute approximate surface area is 239 Å². The number of nitrogens with zero attached hydrogens (tertiary/aromatic N) is 4. The lowest BCUT2D eigenvalue weighted by Gasteiger charge is -2.29. The number of methoxy groups -OCH3 is 2. The van der Waals surface area contributed by atoms with Gasteiger partial charge in [-0.3, -0.25) is 4.79 Å². The molecule has 0 atom stereocenters. The third-order valence-electron chi connectivity index (χ3n) is 7.85. The number of ether oxygens (including phenoxy) is 2. The van der Waals surface area contributed by atoms with Gasteiger partial charge in [-0.1, -0.05) is 43.2 Å². The van der Waals surface area contributed by atoms with Crippen molar-refractivity contribution >= 4 is 12.0 Å². The van der Waals surface area contributed by atoms with E-state index in [1.54, 1.807) is 14.2 Å². The van der Waals surface area contributed by atoms with Crippen LogP contribution in [0.25, 0.3) is 11.8 Å². The minimum absolute atomic E-state index is 0.238. The maximum atomic E-state index is 13.3. The van der Waals surface area contributed by atoms with Gasteiger partial charge in [0.1, 0.15) is 5.82 Å². The summed E-state index contributed by atoms with van der Waals surface area (Å²) >= 11 is 0. The molecule has 1 aromatic heterocycles. The van der Waals surface area contributed by atoms with Crippen LogP contribution in [0.2, 0.25) is 0 Å². The molecule has 214 valence electrons. The fourth-order valence-corrected chi connectivity index (χ4v) is 5.52. The van der Waals surface area contributed by atoms with Crippen molar-refractivity contribution in [2.45, 2.75) is 57.9 Å². The molecule has 7 heteroatoms. The van der Waals surface area contributed by atoms with Crippen LogP contribution in [0.3, 0.4) is 0 Å². The molecule has 0 saturated heterocycles. The number of benzene rings is 2. The van der Waals surface area contributed by atoms with Crippen LogP contribution >= 0.6 is 0 Å². The first-order chi connectivity index (χ1) is 19.5. The van der Waals surface area contributed by atoms with Gasteiger partial charge >= 0.3 is 0 Å². The molecule has 0 N–H and O–H groups in total. The summed E-state index contributed by atoms with van der Waals surface area (Å²) < 4.78 is 12.8. The molecule has 0 aliphatic heterocycles. The monoisotopic (exact) mass is 544 g/mol. The number of carbonyl (C=O) groups excluding carboxylic acids is 1. The summed E-state index contributed by atoms with van der Waals surface area (Å²) in [5.74, 6) is 2.72. The zero-order valence-electron chi connectivity index (χ0n) is 24.5. The quantitative estimate of drug-likeness (QED) is 0.252. The summed E-state index contributed by atoms with van der Waals surface area (Å²) in [5.41, 5.74) is 3.41. The van der Waals surface area contributed by atoms with E-state index in [2.05, 4.69) is 68.9 Å². The summed E-state index contributed by atoms with van der Waals surface area (Å²) in [7, 11) is 5.48. The Kier molecular flexibility index (Phi) is 10.8. The lowest BCUT2D eigenvalue weighted by Crippen LogP contribution is -2.40. The normalized spacial score (nSPS) is 13.8. The predicted octanol–water partition coefficient (Wildman–Crippen LogP) is 5.94. The third-order valence-corrected chi connectivity index (χ3v) is 7.85. The van der Waals surface area contributed by atoms with Gasteiger partial charge in [0.15, 0.2) is 11.5 Å². The van der Waals surface area contributed by atoms with Crippen molar-refractivity contribution in [3.05, 3.63) is 77.9 Å². The highest BCUT2D eigenvalue weighted by Crippen LogP contribution is 2.28. The zero-order chi connectivity index (χ0) is 28.3. The topological polar surface area (TPSA) is 59.8 Å². The Hall–Kier alpha value is -3.58. The number of likely N-dealkylation sites (N-methyl/N-ethyl adjacent to an activating group) is 1. The van der Waals surface area contributed by atoms with Crippen LogP contribution in [0.15, 0.2) is 60.9 Å². The van der Waals surface area contributed by atoms with Crippen LogP contribution in [0.1, 0.15) is 55.5 Å². The molecule has 1 aliphatic rings. The second-order valence-corrected chi connectivity index (χ2v) is 10.7. The summed E-state index contributed by atoms with van der Waals surface area (Å²) in [4.78, 5) is 22.1. The average Bonchev–Trinajstić information content (AvgIpc) is 3.66. The van der Waals surface area contributed by atoms with Gasteiger partial charge in [-0.25, -0.2) is 4.98 Å². The van der Waals surface area contributed by atoms with Gasteiger partial charge in [-0.15, -0.1) is 0 Å². The van der Waals surface area contributed by atoms with Gasteiger partial charge < -0.3 is 23.8 Å². The van der Waals surface area contributed by atoms with Crippen LogP contribution in [0.4, 0.5) is 0 Å². The van der Waals surface area contributed by atoms with Crippen molar-refractivity contribution in [3.8, 4) is 17.2 Å². The smallest absolute Gasteiger partial charge is 0.226 e. The van der Waals surface area contributed by atoms with E-state index in [9.17, 15) is 4.79 Å². The van der Waals surface area contributed by atoms with Crippen molar-refractivity contribution in [2.24, 2.45) is 0 Å². The van der Waals surface area contributed by atoms with Crippen LogP contribution in [-0.2, 0) is 11.2 Å². The minimum atomic E-state index is 0.238. The molecule has 4 rings (SSSR count). The number of amides is 1. The standard InChI is InChI=1S/C33H44N4O3/c1-26-34-20-24-36(26)30-16-13-27(14-17-30)9-7-12-33(38)37(29-10-5-6-11-29)22-8-21-35(2)23-19-28-15-18-31(39-3)32(25-28)40-4/h7,9,13-18,20,24-25,29H,5-6,8,10-12,19,21-23H2,1-4H3. The van der Waals surface area contributed by atoms with E-state index in [1.165, 1.54) is 18.4 Å². The number of imidazole rings is 1. The summed E-state index contributed by atoms with van der Waals surface area (Å²) in [6, 6.07) is 14.8. The Bertz CT molecular complexity index is 1240. The van der Waals surface area contributed by atoms with Crippen molar-refractivity contribution in [3.63, 3.8) is 0 Å². The molecule has 1 saturated carbocycles. The molecule has 2 aromatic carbocycles. The molecular formula is C33H44N4O3. The van der Waals surface area contributed by atoms with Crippen molar-refractivity contribution in [1.29, 1.82) is 0 Å². The lowest BCUT2D eigenvalue weighted by molar-refractivity contribution is -0.132. The molecule has 0 spiro atoms. The Balaban J connectivity index is 1.25. The summed E-state index contributed by atoms with van der Waals surface area (Å²) in [6.07, 6.45) is 14.9. The van der Waals surface area contributed by atoms with E-state index in [1.807, 2.05) is 31.5 Å². The van der Waals surface area contributed by atoms with Crippen LogP contribution in [0, 0.1) is 6.92 Å². The highest BCUT2D eigenvalue weighted by atomic mass is 16.5. The van der Waals surface area contributed by atoms with Crippen LogP contribution in [-0.4, -0.2) is 72.2 Å². The molecule has 0 bridgehead atoms. The first-order valence-electron chi connectivity index (χ1n) is 14.4. The van der Waals surface area contributed by atoms with Crippen LogP contribution in [0.5, 0.6) is 11.5 Å². The van der Waals surface area contributed by atoms with Gasteiger partial charge in [0.25, 0.3) is 0 Å². The second kappa shape index (κ2) is 14.7. The SMILES string of the molecule is COc1ccc(CCN(C)CCCN(C(=O)CC=Cc2ccc(-n3ccnc3C)cc2)C2CCCC2)cc1OC. The largest absolute Gasteiger partial charge is 0.493 e. The predicted molar refractivity (Wildman–Crippen MR) is 161 cm³/mol. The number of rotatable bonds is 14. The number of aromatic nitrogens is 2. The molecule has 40 heavy (non-hydrogen) atoms. The molecule has 1 fully saturated rings. The first kappa shape index (κ1) is 29.4. The highest BCUT2D eigenvalue weighted by molar-refractivity contribution is 5.79. The molecule has 7 nitrogen and oxygen atoms in total. The van der Waals surface area contributed by atoms with Gasteiger partial charge in [0, 0.05) is 43.6 Å². The van der Waals surface area contributed by atoms with Crippen molar-refractivity contribution in [1.82, 2.24) is 19.4 Å². The van der Waals surface area contributed by atoms with Gasteiger partial charge in [-0.05, 0) is 81.6 Å². The van der Waals surface area contributed by atoms with Gasteiger partial charge in [-0.2, -0.15) is 0 Å². The fourth-order valence-electron chi connectivity index (χ4n) is 5.52. The van der Waals surface area contributed by atoms with Crippen molar-refractivity contribution in [2.75, 3.05) is 40.9 Å². The maximum absolute atomic E-state index is 13.3. The summed E-state index contributed by atoms with van der Waals surface area (Å²) in [6.45, 7) is 4.72. The third kappa shape index (κ3) is 7.98. The number of carbonyl (C=O) groups is 1. The fraction of sp³-hybridized carbons (Fsp3) is 0.455. The molecule has 0 unspecified atom stereocenters. The minimum Gasteiger partial charge on any atom is -0.493 e. The Morgan fingerprint density at radius 2 is 1.77 bits per heavy atom. The van der Waals surface area contributed by atoms with Gasteiger partial charge in [0.2, 0.25) is 5.91 Å². The zero-order valence-corrected chi connectivity index (χ0v) is 24.5. The average molecular weight is 545 g/mol.